The van der Waals surface area contributed by atoms with Crippen molar-refractivity contribution >= 4 is 40.2 Å². The second kappa shape index (κ2) is 13.9. The van der Waals surface area contributed by atoms with E-state index in [0.717, 1.165) is 34.3 Å². The molecule has 0 unspecified atom stereocenters. The number of nitrogens with one attached hydrogen (secondary N) is 1. The summed E-state index contributed by atoms with van der Waals surface area (Å²) in [4.78, 5) is 20.8. The quantitative estimate of drug-likeness (QED) is 0.200. The lowest BCUT2D eigenvalue weighted by atomic mass is 10.0. The predicted octanol–water partition coefficient (Wildman–Crippen LogP) is 7.08. The number of carbonyl (C=O) groups is 1. The number of H-pyrrole nitrogens is 1. The molecule has 0 bridgehead atoms. The predicted molar refractivity (Wildman–Crippen MR) is 153 cm³/mol. The number of allylic oxidation sites excluding steroid dienone is 2. The number of aryl methyl sites for hydroxylation is 1. The second-order valence-electron chi connectivity index (χ2n) is 8.19. The van der Waals surface area contributed by atoms with Gasteiger partial charge in [-0.2, -0.15) is 5.10 Å². The highest BCUT2D eigenvalue weighted by Crippen LogP contribution is 2.28. The van der Waals surface area contributed by atoms with Gasteiger partial charge in [0, 0.05) is 41.3 Å². The van der Waals surface area contributed by atoms with E-state index in [2.05, 4.69) is 33.2 Å². The average molecular weight is 520 g/mol. The van der Waals surface area contributed by atoms with Crippen LogP contribution in [0, 0.1) is 0 Å². The van der Waals surface area contributed by atoms with Crippen LogP contribution in [0.3, 0.4) is 0 Å². The zero-order chi connectivity index (χ0) is 26.1. The molecular formula is C29H34ClN5O2. The highest BCUT2D eigenvalue weighted by molar-refractivity contribution is 6.36. The number of fused-ring (bicyclic) bond motifs is 1. The molecule has 0 radical (unpaired) electrons. The van der Waals surface area contributed by atoms with Gasteiger partial charge in [-0.05, 0) is 61.7 Å². The van der Waals surface area contributed by atoms with Crippen molar-refractivity contribution in [1.82, 2.24) is 15.2 Å². The minimum atomic E-state index is -0.117. The summed E-state index contributed by atoms with van der Waals surface area (Å²) in [7, 11) is 1.53. The summed E-state index contributed by atoms with van der Waals surface area (Å²) < 4.78 is 5.34. The number of hydrogen-bond acceptors (Lipinski definition) is 6. The second-order valence-corrected chi connectivity index (χ2v) is 8.57. The number of carbonyl (C=O) groups excluding carboxylic acids is 1. The topological polar surface area (TPSA) is 106 Å². The molecular weight excluding hydrogens is 486 g/mol. The van der Waals surface area contributed by atoms with E-state index >= 15 is 0 Å². The largest absolute Gasteiger partial charge is 0.496 e. The smallest absolute Gasteiger partial charge is 0.196 e. The van der Waals surface area contributed by atoms with E-state index in [0.29, 0.717) is 28.3 Å². The summed E-state index contributed by atoms with van der Waals surface area (Å²) in [6.07, 6.45) is 8.78. The Bertz CT molecular complexity index is 1390. The lowest BCUT2D eigenvalue weighted by molar-refractivity contribution is 0.103. The van der Waals surface area contributed by atoms with Crippen molar-refractivity contribution in [2.75, 3.05) is 7.11 Å². The van der Waals surface area contributed by atoms with Crippen molar-refractivity contribution < 1.29 is 9.53 Å². The molecule has 2 heterocycles. The fraction of sp³-hybridized carbons (Fsp3) is 0.241. The van der Waals surface area contributed by atoms with Crippen LogP contribution in [0.1, 0.15) is 56.1 Å². The highest BCUT2D eigenvalue weighted by atomic mass is 35.5. The zero-order valence-electron chi connectivity index (χ0n) is 20.9. The number of aromatic nitrogens is 3. The lowest BCUT2D eigenvalue weighted by Gasteiger charge is -2.08. The van der Waals surface area contributed by atoms with Gasteiger partial charge in [0.2, 0.25) is 0 Å². The summed E-state index contributed by atoms with van der Waals surface area (Å²) in [5, 5.41) is 8.71. The van der Waals surface area contributed by atoms with Gasteiger partial charge in [0.1, 0.15) is 5.75 Å². The molecule has 0 aliphatic heterocycles. The Hall–Kier alpha value is -3.97. The maximum Gasteiger partial charge on any atom is 0.196 e. The van der Waals surface area contributed by atoms with Crippen molar-refractivity contribution in [3.63, 3.8) is 0 Å². The number of aromatic amines is 1. The molecule has 0 atom stereocenters. The van der Waals surface area contributed by atoms with Crippen molar-refractivity contribution in [2.24, 2.45) is 10.7 Å². The maximum absolute atomic E-state index is 12.5. The minimum absolute atomic E-state index is 0. The number of nitrogens with zero attached hydrogens (tertiary/aromatic N) is 3. The first-order valence-corrected chi connectivity index (χ1v) is 11.9. The first-order valence-electron chi connectivity index (χ1n) is 11.6. The molecule has 0 aliphatic rings. The van der Waals surface area contributed by atoms with Gasteiger partial charge in [0.25, 0.3) is 0 Å². The minimum Gasteiger partial charge on any atom is -0.496 e. The van der Waals surface area contributed by atoms with Crippen LogP contribution in [0.15, 0.2) is 77.3 Å². The number of rotatable bonds is 7. The number of methoxy groups -OCH3 is 1. The third-order valence-electron chi connectivity index (χ3n) is 5.56. The van der Waals surface area contributed by atoms with E-state index in [4.69, 9.17) is 22.1 Å². The molecule has 7 nitrogen and oxygen atoms in total. The third-order valence-corrected chi connectivity index (χ3v) is 6.01. The molecule has 2 aromatic carbocycles. The van der Waals surface area contributed by atoms with Gasteiger partial charge in [-0.3, -0.25) is 19.9 Å². The normalized spacial score (nSPS) is 11.4. The number of benzene rings is 2. The van der Waals surface area contributed by atoms with Gasteiger partial charge in [-0.25, -0.2) is 0 Å². The number of pyridine rings is 1. The molecule has 2 aromatic heterocycles. The van der Waals surface area contributed by atoms with E-state index in [1.807, 2.05) is 19.9 Å². The molecule has 8 heteroatoms. The number of ketones is 1. The van der Waals surface area contributed by atoms with E-state index in [-0.39, 0.29) is 13.2 Å². The van der Waals surface area contributed by atoms with Gasteiger partial charge in [-0.1, -0.05) is 38.4 Å². The number of hydrogen-bond donors (Lipinski definition) is 2. The molecule has 0 fully saturated rings. The molecule has 0 aliphatic carbocycles. The third kappa shape index (κ3) is 7.51. The Morgan fingerprint density at radius 2 is 1.89 bits per heavy atom. The number of halogens is 1. The first kappa shape index (κ1) is 29.3. The van der Waals surface area contributed by atoms with Gasteiger partial charge >= 0.3 is 0 Å². The van der Waals surface area contributed by atoms with E-state index in [1.54, 1.807) is 55.1 Å². The lowest BCUT2D eigenvalue weighted by Crippen LogP contribution is -2.03. The molecule has 4 aromatic rings. The van der Waals surface area contributed by atoms with Crippen LogP contribution in [0.5, 0.6) is 5.75 Å². The molecule has 0 saturated carbocycles. The van der Waals surface area contributed by atoms with Crippen molar-refractivity contribution in [3.05, 3.63) is 94.0 Å². The SMILES string of the molecule is C.CCCc1ccc2[nH]ncc2c1Cl.COc1cc(N=C/C(C)=C(/C)N)ccc1C(=O)c1ccncc1. The van der Waals surface area contributed by atoms with E-state index < -0.39 is 0 Å². The molecule has 3 N–H and O–H groups in total. The molecule has 194 valence electrons. The van der Waals surface area contributed by atoms with Crippen LogP contribution in [0.25, 0.3) is 10.9 Å². The fourth-order valence-electron chi connectivity index (χ4n) is 3.37. The summed E-state index contributed by atoms with van der Waals surface area (Å²) in [6.45, 7) is 5.85. The summed E-state index contributed by atoms with van der Waals surface area (Å²) in [6, 6.07) is 12.6. The molecule has 0 spiro atoms. The van der Waals surface area contributed by atoms with Crippen LogP contribution in [-0.4, -0.2) is 34.3 Å². The standard InChI is InChI=1S/C18H19N3O2.C10H11ClN2.CH4/c1-12(13(2)19)11-21-15-4-5-16(17(10-15)23-3)18(22)14-6-8-20-9-7-14;1-2-3-7-4-5-9-8(10(7)11)6-12-13-9;/h4-11H,19H2,1-3H3;4-6H,2-3H2,1H3,(H,12,13);1H4/b13-12-,21-11?;;. The Balaban J connectivity index is 0.000000291. The summed E-state index contributed by atoms with van der Waals surface area (Å²) in [5.74, 6) is 0.362. The van der Waals surface area contributed by atoms with Crippen molar-refractivity contribution in [1.29, 1.82) is 0 Å². The van der Waals surface area contributed by atoms with Gasteiger partial charge in [0.05, 0.1) is 35.1 Å². The number of aliphatic imine (C=N–C) groups is 1. The molecule has 4 rings (SSSR count). The van der Waals surface area contributed by atoms with Crippen LogP contribution in [-0.2, 0) is 6.42 Å². The Labute approximate surface area is 223 Å². The van der Waals surface area contributed by atoms with E-state index in [9.17, 15) is 4.79 Å². The number of ether oxygens (including phenoxy) is 1. The fourth-order valence-corrected chi connectivity index (χ4v) is 3.68. The molecule has 0 amide bonds. The van der Waals surface area contributed by atoms with Crippen LogP contribution in [0.2, 0.25) is 5.02 Å². The Kier molecular flexibility index (Phi) is 11.0. The molecule has 37 heavy (non-hydrogen) atoms. The van der Waals surface area contributed by atoms with Crippen LogP contribution >= 0.6 is 11.6 Å². The monoisotopic (exact) mass is 519 g/mol. The summed E-state index contributed by atoms with van der Waals surface area (Å²) in [5.41, 5.74) is 11.2. The summed E-state index contributed by atoms with van der Waals surface area (Å²) >= 11 is 6.20. The molecule has 0 saturated heterocycles. The van der Waals surface area contributed by atoms with Crippen LogP contribution in [0.4, 0.5) is 5.69 Å². The first-order chi connectivity index (χ1) is 17.3. The Morgan fingerprint density at radius 3 is 2.54 bits per heavy atom. The van der Waals surface area contributed by atoms with Gasteiger partial charge in [0.15, 0.2) is 5.78 Å². The van der Waals surface area contributed by atoms with Crippen molar-refractivity contribution in [2.45, 2.75) is 41.0 Å². The Morgan fingerprint density at radius 1 is 1.16 bits per heavy atom. The van der Waals surface area contributed by atoms with E-state index in [1.165, 1.54) is 12.7 Å². The van der Waals surface area contributed by atoms with Crippen LogP contribution < -0.4 is 10.5 Å². The van der Waals surface area contributed by atoms with Gasteiger partial charge < -0.3 is 10.5 Å². The zero-order valence-corrected chi connectivity index (χ0v) is 21.6. The highest BCUT2D eigenvalue weighted by Gasteiger charge is 2.14. The number of nitrogens with two attached hydrogens (primary N) is 1. The average Bonchev–Trinajstić information content (AvgIpc) is 3.39. The van der Waals surface area contributed by atoms with Crippen molar-refractivity contribution in [3.8, 4) is 5.75 Å². The van der Waals surface area contributed by atoms with Gasteiger partial charge in [-0.15, -0.1) is 0 Å². The maximum atomic E-state index is 12.5.